The maximum atomic E-state index is 5.37. The van der Waals surface area contributed by atoms with E-state index in [4.69, 9.17) is 4.42 Å². The quantitative estimate of drug-likeness (QED) is 0.863. The highest BCUT2D eigenvalue weighted by Crippen LogP contribution is 2.26. The molecule has 0 amide bonds. The number of nitrogens with one attached hydrogen (secondary N) is 1. The molecule has 0 unspecified atom stereocenters. The Morgan fingerprint density at radius 3 is 2.75 bits per heavy atom. The van der Waals surface area contributed by atoms with E-state index in [1.807, 2.05) is 6.07 Å². The maximum absolute atomic E-state index is 5.37. The summed E-state index contributed by atoms with van der Waals surface area (Å²) in [5, 5.41) is 3.26. The second kappa shape index (κ2) is 5.04. The summed E-state index contributed by atoms with van der Waals surface area (Å²) in [4.78, 5) is 0. The fraction of sp³-hybridized carbons (Fsp3) is 0.500. The molecule has 0 fully saturated rings. The lowest BCUT2D eigenvalue weighted by molar-refractivity contribution is 0.465. The van der Waals surface area contributed by atoms with Crippen LogP contribution >= 0.6 is 31.9 Å². The van der Waals surface area contributed by atoms with Crippen molar-refractivity contribution in [3.05, 3.63) is 21.0 Å². The highest BCUT2D eigenvalue weighted by atomic mass is 79.9. The largest absolute Gasteiger partial charge is 0.452 e. The Morgan fingerprint density at radius 2 is 2.25 bits per heavy atom. The van der Waals surface area contributed by atoms with Gasteiger partial charge in [-0.15, -0.1) is 0 Å². The van der Waals surface area contributed by atoms with Crippen molar-refractivity contribution in [2.45, 2.75) is 19.9 Å². The average molecular weight is 297 g/mol. The Bertz CT molecular complexity index is 228. The summed E-state index contributed by atoms with van der Waals surface area (Å²) in [7, 11) is 0. The Labute approximate surface area is 89.0 Å². The van der Waals surface area contributed by atoms with Crippen LogP contribution in [0.3, 0.4) is 0 Å². The number of hydrogen-bond acceptors (Lipinski definition) is 2. The van der Waals surface area contributed by atoms with E-state index in [-0.39, 0.29) is 0 Å². The minimum atomic E-state index is 0.760. The lowest BCUT2D eigenvalue weighted by Gasteiger charge is -1.97. The Morgan fingerprint density at radius 1 is 1.50 bits per heavy atom. The molecule has 0 atom stereocenters. The van der Waals surface area contributed by atoms with E-state index in [2.05, 4.69) is 44.1 Å². The van der Waals surface area contributed by atoms with Crippen LogP contribution in [-0.2, 0) is 6.54 Å². The molecule has 0 aliphatic carbocycles. The first kappa shape index (κ1) is 10.3. The lowest BCUT2D eigenvalue weighted by atomic mass is 10.4. The van der Waals surface area contributed by atoms with Crippen molar-refractivity contribution in [3.63, 3.8) is 0 Å². The Hall–Kier alpha value is 0.200. The Balaban J connectivity index is 2.42. The van der Waals surface area contributed by atoms with Crippen molar-refractivity contribution in [3.8, 4) is 0 Å². The molecule has 2 nitrogen and oxygen atoms in total. The molecule has 0 radical (unpaired) electrons. The van der Waals surface area contributed by atoms with Gasteiger partial charge in [-0.3, -0.25) is 0 Å². The van der Waals surface area contributed by atoms with Gasteiger partial charge in [0.15, 0.2) is 4.67 Å². The smallest absolute Gasteiger partial charge is 0.183 e. The predicted molar refractivity (Wildman–Crippen MR) is 56.1 cm³/mol. The van der Waals surface area contributed by atoms with E-state index in [1.165, 1.54) is 0 Å². The molecule has 68 valence electrons. The molecular formula is C8H11Br2NO. The highest BCUT2D eigenvalue weighted by Gasteiger charge is 2.04. The first-order chi connectivity index (χ1) is 5.74. The van der Waals surface area contributed by atoms with Crippen molar-refractivity contribution < 1.29 is 4.42 Å². The summed E-state index contributed by atoms with van der Waals surface area (Å²) in [5.74, 6) is 0.946. The van der Waals surface area contributed by atoms with E-state index < -0.39 is 0 Å². The van der Waals surface area contributed by atoms with E-state index in [0.717, 1.165) is 34.4 Å². The molecule has 1 aromatic rings. The van der Waals surface area contributed by atoms with Crippen LogP contribution in [-0.4, -0.2) is 6.54 Å². The molecule has 1 aromatic heterocycles. The van der Waals surface area contributed by atoms with Gasteiger partial charge in [-0.1, -0.05) is 6.92 Å². The minimum absolute atomic E-state index is 0.760. The van der Waals surface area contributed by atoms with Gasteiger partial charge in [0.25, 0.3) is 0 Å². The van der Waals surface area contributed by atoms with Gasteiger partial charge in [-0.2, -0.15) is 0 Å². The van der Waals surface area contributed by atoms with Gasteiger partial charge in [0.1, 0.15) is 5.76 Å². The zero-order valence-corrected chi connectivity index (χ0v) is 10.0. The van der Waals surface area contributed by atoms with E-state index in [0.29, 0.717) is 0 Å². The van der Waals surface area contributed by atoms with Crippen molar-refractivity contribution in [1.29, 1.82) is 0 Å². The summed E-state index contributed by atoms with van der Waals surface area (Å²) in [5.41, 5.74) is 0. The van der Waals surface area contributed by atoms with Crippen molar-refractivity contribution in [2.75, 3.05) is 6.54 Å². The van der Waals surface area contributed by atoms with Gasteiger partial charge in [-0.25, -0.2) is 0 Å². The van der Waals surface area contributed by atoms with Gasteiger partial charge in [0.05, 0.1) is 11.0 Å². The van der Waals surface area contributed by atoms with Gasteiger partial charge >= 0.3 is 0 Å². The number of furan rings is 1. The third-order valence-corrected chi connectivity index (χ3v) is 3.13. The molecule has 0 saturated carbocycles. The van der Waals surface area contributed by atoms with Crippen LogP contribution in [0.5, 0.6) is 0 Å². The summed E-state index contributed by atoms with van der Waals surface area (Å²) in [6, 6.07) is 1.97. The standard InChI is InChI=1S/C8H11Br2NO/c1-2-3-11-5-6-4-7(9)8(10)12-6/h4,11H,2-3,5H2,1H3. The SMILES string of the molecule is CCCNCc1cc(Br)c(Br)o1. The maximum Gasteiger partial charge on any atom is 0.183 e. The summed E-state index contributed by atoms with van der Waals surface area (Å²) in [6.07, 6.45) is 1.14. The van der Waals surface area contributed by atoms with E-state index >= 15 is 0 Å². The van der Waals surface area contributed by atoms with Crippen LogP contribution in [0.15, 0.2) is 19.6 Å². The van der Waals surface area contributed by atoms with E-state index in [9.17, 15) is 0 Å². The first-order valence-electron chi connectivity index (χ1n) is 3.88. The molecule has 0 saturated heterocycles. The minimum Gasteiger partial charge on any atom is -0.452 e. The molecule has 0 bridgehead atoms. The molecule has 0 aliphatic heterocycles. The van der Waals surface area contributed by atoms with Gasteiger partial charge in [-0.05, 0) is 50.9 Å². The second-order valence-corrected chi connectivity index (χ2v) is 4.09. The molecule has 4 heteroatoms. The topological polar surface area (TPSA) is 25.2 Å². The molecule has 1 rings (SSSR count). The van der Waals surface area contributed by atoms with Crippen LogP contribution in [0.2, 0.25) is 0 Å². The van der Waals surface area contributed by atoms with Crippen molar-refractivity contribution in [1.82, 2.24) is 5.32 Å². The van der Waals surface area contributed by atoms with Crippen LogP contribution in [0.1, 0.15) is 19.1 Å². The molecule has 1 N–H and O–H groups in total. The zero-order valence-electron chi connectivity index (χ0n) is 6.86. The number of halogens is 2. The van der Waals surface area contributed by atoms with Crippen molar-refractivity contribution >= 4 is 31.9 Å². The van der Waals surface area contributed by atoms with Gasteiger partial charge < -0.3 is 9.73 Å². The number of rotatable bonds is 4. The average Bonchev–Trinajstić information content (AvgIpc) is 2.32. The van der Waals surface area contributed by atoms with Crippen LogP contribution in [0.4, 0.5) is 0 Å². The van der Waals surface area contributed by atoms with Crippen LogP contribution in [0.25, 0.3) is 0 Å². The van der Waals surface area contributed by atoms with Crippen LogP contribution < -0.4 is 5.32 Å². The van der Waals surface area contributed by atoms with Crippen molar-refractivity contribution in [2.24, 2.45) is 0 Å². The predicted octanol–water partition coefficient (Wildman–Crippen LogP) is 3.30. The molecular weight excluding hydrogens is 286 g/mol. The zero-order chi connectivity index (χ0) is 8.97. The number of hydrogen-bond donors (Lipinski definition) is 1. The monoisotopic (exact) mass is 295 g/mol. The van der Waals surface area contributed by atoms with Crippen LogP contribution in [0, 0.1) is 0 Å². The highest BCUT2D eigenvalue weighted by molar-refractivity contribution is 9.13. The fourth-order valence-electron chi connectivity index (χ4n) is 0.867. The molecule has 1 heterocycles. The Kier molecular flexibility index (Phi) is 4.32. The van der Waals surface area contributed by atoms with E-state index in [1.54, 1.807) is 0 Å². The third-order valence-electron chi connectivity index (χ3n) is 1.42. The summed E-state index contributed by atoms with van der Waals surface area (Å²) >= 11 is 6.64. The molecule has 0 aliphatic rings. The summed E-state index contributed by atoms with van der Waals surface area (Å²) < 4.78 is 7.10. The molecule has 12 heavy (non-hydrogen) atoms. The van der Waals surface area contributed by atoms with Gasteiger partial charge in [0.2, 0.25) is 0 Å². The third kappa shape index (κ3) is 2.92. The lowest BCUT2D eigenvalue weighted by Crippen LogP contribution is -2.12. The fourth-order valence-corrected chi connectivity index (χ4v) is 1.53. The van der Waals surface area contributed by atoms with Gasteiger partial charge in [0, 0.05) is 0 Å². The first-order valence-corrected chi connectivity index (χ1v) is 5.47. The normalized spacial score (nSPS) is 10.6. The second-order valence-electron chi connectivity index (χ2n) is 2.51. The summed E-state index contributed by atoms with van der Waals surface area (Å²) in [6.45, 7) is 3.95. The molecule has 0 aromatic carbocycles. The molecule has 0 spiro atoms.